The molecule has 0 aliphatic carbocycles. The number of hydrogen-bond acceptors (Lipinski definition) is 6. The molecule has 8 heteroatoms. The zero-order valence-electron chi connectivity index (χ0n) is 15.1. The Kier molecular flexibility index (Phi) is 7.12. The van der Waals surface area contributed by atoms with Crippen LogP contribution in [0.4, 0.5) is 0 Å². The third-order valence-electron chi connectivity index (χ3n) is 4.09. The van der Waals surface area contributed by atoms with Gasteiger partial charge in [-0.05, 0) is 37.7 Å². The van der Waals surface area contributed by atoms with E-state index in [9.17, 15) is 8.42 Å². The number of halogens is 1. The predicted octanol–water partition coefficient (Wildman–Crippen LogP) is 3.28. The lowest BCUT2D eigenvalue weighted by Gasteiger charge is -2.06. The largest absolute Gasteiger partial charge is 0.334 e. The SMILES string of the molecule is CNC(C)Cc1noc(-c2cccc(S(=O)(=O)Cc3ccccc3)c2)n1.Cl. The third kappa shape index (κ3) is 5.38. The van der Waals surface area contributed by atoms with Crippen molar-refractivity contribution >= 4 is 22.2 Å². The Balaban J connectivity index is 0.00000261. The highest BCUT2D eigenvalue weighted by atomic mass is 35.5. The fraction of sp³-hybridized carbons (Fsp3) is 0.263. The van der Waals surface area contributed by atoms with Gasteiger partial charge in [0.25, 0.3) is 5.89 Å². The van der Waals surface area contributed by atoms with Gasteiger partial charge in [-0.2, -0.15) is 4.98 Å². The van der Waals surface area contributed by atoms with Gasteiger partial charge < -0.3 is 9.84 Å². The fourth-order valence-electron chi connectivity index (χ4n) is 2.53. The second-order valence-corrected chi connectivity index (χ2v) is 8.17. The molecule has 1 N–H and O–H groups in total. The molecule has 0 fully saturated rings. The average molecular weight is 408 g/mol. The van der Waals surface area contributed by atoms with Gasteiger partial charge in [-0.25, -0.2) is 8.42 Å². The molecule has 0 radical (unpaired) electrons. The van der Waals surface area contributed by atoms with Gasteiger partial charge in [-0.1, -0.05) is 41.6 Å². The Labute approximate surface area is 165 Å². The summed E-state index contributed by atoms with van der Waals surface area (Å²) in [5.74, 6) is 0.853. The highest BCUT2D eigenvalue weighted by Gasteiger charge is 2.18. The van der Waals surface area contributed by atoms with Crippen LogP contribution < -0.4 is 5.32 Å². The molecule has 3 rings (SSSR count). The number of nitrogens with one attached hydrogen (secondary N) is 1. The first-order valence-electron chi connectivity index (χ1n) is 8.35. The van der Waals surface area contributed by atoms with Crippen LogP contribution in [0.2, 0.25) is 0 Å². The molecule has 1 heterocycles. The molecule has 27 heavy (non-hydrogen) atoms. The maximum absolute atomic E-state index is 12.7. The van der Waals surface area contributed by atoms with Gasteiger partial charge >= 0.3 is 0 Å². The van der Waals surface area contributed by atoms with E-state index in [1.165, 1.54) is 0 Å². The standard InChI is InChI=1S/C19H21N3O3S.ClH/c1-14(20-2)11-18-21-19(25-22-18)16-9-6-10-17(12-16)26(23,24)13-15-7-4-3-5-8-15;/h3-10,12,14,20H,11,13H2,1-2H3;1H. The average Bonchev–Trinajstić information content (AvgIpc) is 3.10. The van der Waals surface area contributed by atoms with Crippen molar-refractivity contribution in [3.05, 3.63) is 66.0 Å². The van der Waals surface area contributed by atoms with Crippen LogP contribution in [-0.2, 0) is 22.0 Å². The van der Waals surface area contributed by atoms with Crippen LogP contribution >= 0.6 is 12.4 Å². The predicted molar refractivity (Wildman–Crippen MR) is 107 cm³/mol. The van der Waals surface area contributed by atoms with Crippen molar-refractivity contribution in [2.45, 2.75) is 30.0 Å². The molecule has 0 bridgehead atoms. The van der Waals surface area contributed by atoms with Gasteiger partial charge in [0, 0.05) is 18.0 Å². The van der Waals surface area contributed by atoms with Crippen molar-refractivity contribution in [3.63, 3.8) is 0 Å². The molecule has 6 nitrogen and oxygen atoms in total. The van der Waals surface area contributed by atoms with E-state index in [4.69, 9.17) is 4.52 Å². The molecular formula is C19H22ClN3O3S. The van der Waals surface area contributed by atoms with E-state index < -0.39 is 9.84 Å². The van der Waals surface area contributed by atoms with Crippen LogP contribution in [0.25, 0.3) is 11.5 Å². The smallest absolute Gasteiger partial charge is 0.257 e. The number of aromatic nitrogens is 2. The van der Waals surface area contributed by atoms with Gasteiger partial charge in [0.05, 0.1) is 10.6 Å². The molecular weight excluding hydrogens is 386 g/mol. The highest BCUT2D eigenvalue weighted by Crippen LogP contribution is 2.23. The van der Waals surface area contributed by atoms with Crippen LogP contribution in [0, 0.1) is 0 Å². The number of benzene rings is 2. The summed E-state index contributed by atoms with van der Waals surface area (Å²) < 4.78 is 30.7. The summed E-state index contributed by atoms with van der Waals surface area (Å²) in [6.45, 7) is 2.02. The molecule has 2 aromatic carbocycles. The molecule has 1 aromatic heterocycles. The first-order chi connectivity index (χ1) is 12.5. The lowest BCUT2D eigenvalue weighted by Crippen LogP contribution is -2.24. The number of rotatable bonds is 7. The number of likely N-dealkylation sites (N-methyl/N-ethyl adjacent to an activating group) is 1. The summed E-state index contributed by atoms with van der Waals surface area (Å²) in [7, 11) is -1.59. The Morgan fingerprint density at radius 2 is 1.85 bits per heavy atom. The van der Waals surface area contributed by atoms with E-state index in [1.54, 1.807) is 36.4 Å². The van der Waals surface area contributed by atoms with Crippen LogP contribution in [-0.4, -0.2) is 31.6 Å². The monoisotopic (exact) mass is 407 g/mol. The maximum Gasteiger partial charge on any atom is 0.257 e. The van der Waals surface area contributed by atoms with Crippen LogP contribution in [0.5, 0.6) is 0 Å². The Morgan fingerprint density at radius 1 is 1.11 bits per heavy atom. The molecule has 144 valence electrons. The molecule has 0 saturated carbocycles. The topological polar surface area (TPSA) is 85.1 Å². The minimum atomic E-state index is -3.46. The molecule has 1 unspecified atom stereocenters. The molecule has 1 atom stereocenters. The van der Waals surface area contributed by atoms with E-state index in [0.717, 1.165) is 5.56 Å². The minimum absolute atomic E-state index is 0. The highest BCUT2D eigenvalue weighted by molar-refractivity contribution is 7.90. The number of nitrogens with zero attached hydrogens (tertiary/aromatic N) is 2. The van der Waals surface area contributed by atoms with Gasteiger partial charge in [-0.15, -0.1) is 12.4 Å². The van der Waals surface area contributed by atoms with Crippen molar-refractivity contribution in [2.24, 2.45) is 0 Å². The van der Waals surface area contributed by atoms with E-state index in [-0.39, 0.29) is 29.1 Å². The summed E-state index contributed by atoms with van der Waals surface area (Å²) >= 11 is 0. The summed E-state index contributed by atoms with van der Waals surface area (Å²) in [5, 5.41) is 7.08. The van der Waals surface area contributed by atoms with Crippen molar-refractivity contribution < 1.29 is 12.9 Å². The van der Waals surface area contributed by atoms with E-state index >= 15 is 0 Å². The lowest BCUT2D eigenvalue weighted by atomic mass is 10.2. The summed E-state index contributed by atoms with van der Waals surface area (Å²) in [6.07, 6.45) is 0.631. The zero-order valence-corrected chi connectivity index (χ0v) is 16.8. The summed E-state index contributed by atoms with van der Waals surface area (Å²) in [4.78, 5) is 4.60. The maximum atomic E-state index is 12.7. The zero-order chi connectivity index (χ0) is 18.6. The third-order valence-corrected chi connectivity index (χ3v) is 5.77. The number of hydrogen-bond donors (Lipinski definition) is 1. The van der Waals surface area contributed by atoms with Gasteiger partial charge in [0.15, 0.2) is 15.7 Å². The lowest BCUT2D eigenvalue weighted by molar-refractivity contribution is 0.418. The Bertz CT molecular complexity index is 975. The van der Waals surface area contributed by atoms with Gasteiger partial charge in [-0.3, -0.25) is 0 Å². The quantitative estimate of drug-likeness (QED) is 0.646. The van der Waals surface area contributed by atoms with Crippen LogP contribution in [0.15, 0.2) is 64.0 Å². The van der Waals surface area contributed by atoms with Crippen LogP contribution in [0.3, 0.4) is 0 Å². The molecule has 0 spiro atoms. The van der Waals surface area contributed by atoms with Crippen molar-refractivity contribution in [3.8, 4) is 11.5 Å². The number of sulfone groups is 1. The van der Waals surface area contributed by atoms with Crippen LogP contribution in [0.1, 0.15) is 18.3 Å². The molecule has 0 aliphatic heterocycles. The first kappa shape index (κ1) is 21.1. The summed E-state index contributed by atoms with van der Waals surface area (Å²) in [6, 6.07) is 16.0. The van der Waals surface area contributed by atoms with E-state index in [1.807, 2.05) is 32.2 Å². The first-order valence-corrected chi connectivity index (χ1v) is 10.00. The van der Waals surface area contributed by atoms with Gasteiger partial charge in [0.1, 0.15) is 0 Å². The van der Waals surface area contributed by atoms with E-state index in [0.29, 0.717) is 23.7 Å². The second kappa shape index (κ2) is 9.12. The summed E-state index contributed by atoms with van der Waals surface area (Å²) in [5.41, 5.74) is 1.34. The second-order valence-electron chi connectivity index (χ2n) is 6.18. The fourth-order valence-corrected chi connectivity index (χ4v) is 3.92. The molecule has 0 amide bonds. The normalized spacial score (nSPS) is 12.4. The Hall–Kier alpha value is -2.22. The molecule has 0 aliphatic rings. The van der Waals surface area contributed by atoms with Crippen molar-refractivity contribution in [2.75, 3.05) is 7.05 Å². The molecule has 0 saturated heterocycles. The van der Waals surface area contributed by atoms with Crippen molar-refractivity contribution in [1.29, 1.82) is 0 Å². The van der Waals surface area contributed by atoms with E-state index in [2.05, 4.69) is 15.5 Å². The minimum Gasteiger partial charge on any atom is -0.334 e. The van der Waals surface area contributed by atoms with Gasteiger partial charge in [0.2, 0.25) is 0 Å². The van der Waals surface area contributed by atoms with Crippen molar-refractivity contribution in [1.82, 2.24) is 15.5 Å². The Morgan fingerprint density at radius 3 is 2.56 bits per heavy atom. The molecule has 3 aromatic rings.